The SMILES string of the molecule is CCC(CNC(C)C1CCCC1)NC(=O)OC(C)(C)C. The van der Waals surface area contributed by atoms with Crippen molar-refractivity contribution >= 4 is 6.09 Å². The molecular formula is C16H32N2O2. The van der Waals surface area contributed by atoms with E-state index in [-0.39, 0.29) is 12.1 Å². The third kappa shape index (κ3) is 6.60. The number of ether oxygens (including phenoxy) is 1. The highest BCUT2D eigenvalue weighted by Gasteiger charge is 2.23. The standard InChI is InChI=1S/C16H32N2O2/c1-6-14(18-15(19)20-16(3,4)5)11-17-12(2)13-9-7-8-10-13/h12-14,17H,6-11H2,1-5H3,(H,18,19). The van der Waals surface area contributed by atoms with E-state index in [4.69, 9.17) is 4.74 Å². The Labute approximate surface area is 124 Å². The predicted molar refractivity (Wildman–Crippen MR) is 82.9 cm³/mol. The summed E-state index contributed by atoms with van der Waals surface area (Å²) in [7, 11) is 0. The summed E-state index contributed by atoms with van der Waals surface area (Å²) in [5, 5.41) is 6.52. The van der Waals surface area contributed by atoms with Crippen molar-refractivity contribution in [2.24, 2.45) is 5.92 Å². The van der Waals surface area contributed by atoms with Gasteiger partial charge in [0.15, 0.2) is 0 Å². The Morgan fingerprint density at radius 2 is 1.90 bits per heavy atom. The van der Waals surface area contributed by atoms with Crippen molar-refractivity contribution in [3.05, 3.63) is 0 Å². The summed E-state index contributed by atoms with van der Waals surface area (Å²) in [6, 6.07) is 0.667. The zero-order chi connectivity index (χ0) is 15.2. The molecule has 0 bridgehead atoms. The fourth-order valence-electron chi connectivity index (χ4n) is 2.72. The summed E-state index contributed by atoms with van der Waals surface area (Å²) in [5.74, 6) is 0.800. The predicted octanol–water partition coefficient (Wildman–Crippen LogP) is 3.46. The molecule has 2 N–H and O–H groups in total. The lowest BCUT2D eigenvalue weighted by atomic mass is 9.99. The minimum Gasteiger partial charge on any atom is -0.444 e. The summed E-state index contributed by atoms with van der Waals surface area (Å²) in [5.41, 5.74) is -0.438. The van der Waals surface area contributed by atoms with Gasteiger partial charge in [0.05, 0.1) is 0 Å². The molecule has 0 saturated heterocycles. The summed E-state index contributed by atoms with van der Waals surface area (Å²) in [6.45, 7) is 10.8. The van der Waals surface area contributed by atoms with Crippen LogP contribution in [0.4, 0.5) is 4.79 Å². The Morgan fingerprint density at radius 3 is 2.40 bits per heavy atom. The van der Waals surface area contributed by atoms with Gasteiger partial charge in [-0.3, -0.25) is 0 Å². The number of amides is 1. The minimum absolute atomic E-state index is 0.133. The molecule has 0 heterocycles. The first kappa shape index (κ1) is 17.3. The van der Waals surface area contributed by atoms with Crippen LogP contribution >= 0.6 is 0 Å². The maximum Gasteiger partial charge on any atom is 0.407 e. The molecule has 1 rings (SSSR count). The third-order valence-electron chi connectivity index (χ3n) is 4.01. The van der Waals surface area contributed by atoms with Gasteiger partial charge in [0.1, 0.15) is 5.60 Å². The van der Waals surface area contributed by atoms with Crippen molar-refractivity contribution in [3.8, 4) is 0 Å². The fraction of sp³-hybridized carbons (Fsp3) is 0.938. The van der Waals surface area contributed by atoms with Crippen molar-refractivity contribution in [2.45, 2.75) is 84.4 Å². The van der Waals surface area contributed by atoms with Crippen LogP contribution in [0.3, 0.4) is 0 Å². The molecule has 1 amide bonds. The largest absolute Gasteiger partial charge is 0.444 e. The van der Waals surface area contributed by atoms with E-state index in [9.17, 15) is 4.79 Å². The number of hydrogen-bond acceptors (Lipinski definition) is 3. The van der Waals surface area contributed by atoms with Gasteiger partial charge in [0.2, 0.25) is 0 Å². The molecule has 4 heteroatoms. The molecule has 1 fully saturated rings. The van der Waals surface area contributed by atoms with E-state index in [1.165, 1.54) is 25.7 Å². The number of alkyl carbamates (subject to hydrolysis) is 1. The van der Waals surface area contributed by atoms with Gasteiger partial charge in [-0.15, -0.1) is 0 Å². The molecule has 0 spiro atoms. The van der Waals surface area contributed by atoms with Crippen molar-refractivity contribution in [1.29, 1.82) is 0 Å². The van der Waals surface area contributed by atoms with E-state index in [1.807, 2.05) is 20.8 Å². The maximum absolute atomic E-state index is 11.8. The van der Waals surface area contributed by atoms with Crippen LogP contribution in [0, 0.1) is 5.92 Å². The summed E-state index contributed by atoms with van der Waals surface area (Å²) < 4.78 is 5.30. The number of carbonyl (C=O) groups excluding carboxylic acids is 1. The molecular weight excluding hydrogens is 252 g/mol. The van der Waals surface area contributed by atoms with Gasteiger partial charge in [0, 0.05) is 18.6 Å². The minimum atomic E-state index is -0.438. The van der Waals surface area contributed by atoms with Crippen LogP contribution in [0.15, 0.2) is 0 Å². The molecule has 1 saturated carbocycles. The molecule has 0 aliphatic heterocycles. The van der Waals surface area contributed by atoms with Crippen LogP contribution in [0.2, 0.25) is 0 Å². The van der Waals surface area contributed by atoms with E-state index in [0.29, 0.717) is 6.04 Å². The summed E-state index contributed by atoms with van der Waals surface area (Å²) in [4.78, 5) is 11.8. The lowest BCUT2D eigenvalue weighted by Gasteiger charge is -2.26. The Balaban J connectivity index is 2.29. The van der Waals surface area contributed by atoms with Gasteiger partial charge >= 0.3 is 6.09 Å². The number of nitrogens with one attached hydrogen (secondary N) is 2. The summed E-state index contributed by atoms with van der Waals surface area (Å²) >= 11 is 0. The maximum atomic E-state index is 11.8. The molecule has 2 unspecified atom stereocenters. The molecule has 0 aromatic rings. The Hall–Kier alpha value is -0.770. The molecule has 0 aromatic carbocycles. The smallest absolute Gasteiger partial charge is 0.407 e. The van der Waals surface area contributed by atoms with Crippen LogP contribution in [-0.4, -0.2) is 30.3 Å². The quantitative estimate of drug-likeness (QED) is 0.785. The second-order valence-electron chi connectivity index (χ2n) is 6.99. The first-order valence-corrected chi connectivity index (χ1v) is 8.04. The first-order chi connectivity index (χ1) is 9.31. The van der Waals surface area contributed by atoms with E-state index in [2.05, 4.69) is 24.5 Å². The fourth-order valence-corrected chi connectivity index (χ4v) is 2.72. The van der Waals surface area contributed by atoms with Crippen LogP contribution in [0.5, 0.6) is 0 Å². The van der Waals surface area contributed by atoms with Gasteiger partial charge in [-0.1, -0.05) is 19.8 Å². The van der Waals surface area contributed by atoms with Gasteiger partial charge in [-0.05, 0) is 52.9 Å². The number of rotatable bonds is 6. The van der Waals surface area contributed by atoms with E-state index < -0.39 is 5.60 Å². The van der Waals surface area contributed by atoms with Crippen molar-refractivity contribution in [3.63, 3.8) is 0 Å². The molecule has 1 aliphatic carbocycles. The van der Waals surface area contributed by atoms with Crippen molar-refractivity contribution in [1.82, 2.24) is 10.6 Å². The Kier molecular flexibility index (Phi) is 6.80. The molecule has 2 atom stereocenters. The van der Waals surface area contributed by atoms with Crippen LogP contribution in [-0.2, 0) is 4.74 Å². The molecule has 20 heavy (non-hydrogen) atoms. The molecule has 0 radical (unpaired) electrons. The molecule has 4 nitrogen and oxygen atoms in total. The van der Waals surface area contributed by atoms with Gasteiger partial charge in [-0.25, -0.2) is 4.79 Å². The van der Waals surface area contributed by atoms with Crippen LogP contribution in [0.1, 0.15) is 66.7 Å². The summed E-state index contributed by atoms with van der Waals surface area (Å²) in [6.07, 6.45) is 5.99. The Morgan fingerprint density at radius 1 is 1.30 bits per heavy atom. The number of carbonyl (C=O) groups is 1. The Bertz CT molecular complexity index is 293. The normalized spacial score (nSPS) is 19.6. The van der Waals surface area contributed by atoms with Crippen molar-refractivity contribution in [2.75, 3.05) is 6.54 Å². The highest BCUT2D eigenvalue weighted by atomic mass is 16.6. The van der Waals surface area contributed by atoms with Gasteiger partial charge in [-0.2, -0.15) is 0 Å². The molecule has 118 valence electrons. The zero-order valence-corrected chi connectivity index (χ0v) is 13.8. The van der Waals surface area contributed by atoms with E-state index in [0.717, 1.165) is 18.9 Å². The first-order valence-electron chi connectivity index (χ1n) is 8.04. The zero-order valence-electron chi connectivity index (χ0n) is 13.8. The lowest BCUT2D eigenvalue weighted by Crippen LogP contribution is -2.46. The molecule has 1 aliphatic rings. The van der Waals surface area contributed by atoms with Crippen LogP contribution in [0.25, 0.3) is 0 Å². The topological polar surface area (TPSA) is 50.4 Å². The van der Waals surface area contributed by atoms with Gasteiger partial charge < -0.3 is 15.4 Å². The monoisotopic (exact) mass is 284 g/mol. The second kappa shape index (κ2) is 7.87. The van der Waals surface area contributed by atoms with E-state index in [1.54, 1.807) is 0 Å². The number of hydrogen-bond donors (Lipinski definition) is 2. The second-order valence-corrected chi connectivity index (χ2v) is 6.99. The average molecular weight is 284 g/mol. The van der Waals surface area contributed by atoms with Crippen molar-refractivity contribution < 1.29 is 9.53 Å². The van der Waals surface area contributed by atoms with E-state index >= 15 is 0 Å². The molecule has 0 aromatic heterocycles. The highest BCUT2D eigenvalue weighted by molar-refractivity contribution is 5.68. The van der Waals surface area contributed by atoms with Gasteiger partial charge in [0.25, 0.3) is 0 Å². The third-order valence-corrected chi connectivity index (χ3v) is 4.01. The van der Waals surface area contributed by atoms with Crippen LogP contribution < -0.4 is 10.6 Å². The lowest BCUT2D eigenvalue weighted by molar-refractivity contribution is 0.0501. The average Bonchev–Trinajstić information content (AvgIpc) is 2.85. The highest BCUT2D eigenvalue weighted by Crippen LogP contribution is 2.27.